The van der Waals surface area contributed by atoms with Gasteiger partial charge in [0.2, 0.25) is 15.9 Å². The second-order valence-electron chi connectivity index (χ2n) is 7.79. The summed E-state index contributed by atoms with van der Waals surface area (Å²) in [6.07, 6.45) is 4.23. The fraction of sp³-hybridized carbons (Fsp3) is 0.435. The van der Waals surface area contributed by atoms with Gasteiger partial charge in [0.05, 0.1) is 17.5 Å². The van der Waals surface area contributed by atoms with Crippen molar-refractivity contribution >= 4 is 27.7 Å². The molecule has 1 heterocycles. The second-order valence-corrected chi connectivity index (χ2v) is 10.7. The van der Waals surface area contributed by atoms with Gasteiger partial charge >= 0.3 is 0 Å². The van der Waals surface area contributed by atoms with Crippen LogP contribution in [0.5, 0.6) is 5.75 Å². The number of amides is 1. The highest BCUT2D eigenvalue weighted by molar-refractivity contribution is 7.98. The molecule has 2 aromatic carbocycles. The van der Waals surface area contributed by atoms with Crippen LogP contribution in [0.25, 0.3) is 0 Å². The molecule has 0 bridgehead atoms. The Morgan fingerprint density at radius 1 is 1.16 bits per heavy atom. The van der Waals surface area contributed by atoms with E-state index in [9.17, 15) is 13.2 Å². The topological polar surface area (TPSA) is 75.7 Å². The normalized spacial score (nSPS) is 17.6. The number of nitrogens with zero attached hydrogens (tertiary/aromatic N) is 1. The van der Waals surface area contributed by atoms with Gasteiger partial charge in [0.1, 0.15) is 11.4 Å². The molecule has 0 aromatic heterocycles. The van der Waals surface area contributed by atoms with Gasteiger partial charge in [0.25, 0.3) is 0 Å². The number of carbonyl (C=O) groups excluding carboxylic acids is 1. The molecule has 168 valence electrons. The lowest BCUT2D eigenvalue weighted by atomic mass is 9.83. The average Bonchev–Trinajstić information content (AvgIpc) is 2.78. The number of rotatable bonds is 8. The summed E-state index contributed by atoms with van der Waals surface area (Å²) in [4.78, 5) is 14.0. The van der Waals surface area contributed by atoms with Gasteiger partial charge in [-0.2, -0.15) is 4.31 Å². The second kappa shape index (κ2) is 9.63. The number of hydrogen-bond acceptors (Lipinski definition) is 5. The van der Waals surface area contributed by atoms with Gasteiger partial charge in [-0.05, 0) is 49.4 Å². The minimum atomic E-state index is -3.75. The molecule has 0 saturated carbocycles. The Kier molecular flexibility index (Phi) is 7.34. The van der Waals surface area contributed by atoms with Crippen molar-refractivity contribution in [1.29, 1.82) is 0 Å². The van der Waals surface area contributed by atoms with E-state index < -0.39 is 10.0 Å². The van der Waals surface area contributed by atoms with Crippen LogP contribution in [0.3, 0.4) is 0 Å². The van der Waals surface area contributed by atoms with E-state index in [0.29, 0.717) is 6.42 Å². The maximum Gasteiger partial charge on any atom is 0.243 e. The van der Waals surface area contributed by atoms with Crippen LogP contribution >= 0.6 is 11.8 Å². The summed E-state index contributed by atoms with van der Waals surface area (Å²) < 4.78 is 33.1. The lowest BCUT2D eigenvalue weighted by Gasteiger charge is -2.41. The fourth-order valence-corrected chi connectivity index (χ4v) is 5.42. The highest BCUT2D eigenvalue weighted by atomic mass is 32.2. The molecule has 1 amide bonds. The van der Waals surface area contributed by atoms with E-state index in [2.05, 4.69) is 19.2 Å². The summed E-state index contributed by atoms with van der Waals surface area (Å²) in [7, 11) is -2.33. The molecule has 31 heavy (non-hydrogen) atoms. The van der Waals surface area contributed by atoms with E-state index in [1.807, 2.05) is 30.5 Å². The quantitative estimate of drug-likeness (QED) is 0.594. The molecule has 0 saturated heterocycles. The summed E-state index contributed by atoms with van der Waals surface area (Å²) in [5.74, 6) is 0.437. The number of thioether (sulfide) groups is 1. The van der Waals surface area contributed by atoms with Gasteiger partial charge in [-0.1, -0.05) is 32.0 Å². The van der Waals surface area contributed by atoms with Gasteiger partial charge in [-0.25, -0.2) is 8.42 Å². The zero-order chi connectivity index (χ0) is 22.6. The summed E-state index contributed by atoms with van der Waals surface area (Å²) in [5, 5.41) is 3.04. The molecular weight excluding hydrogens is 432 g/mol. The van der Waals surface area contributed by atoms with Gasteiger partial charge in [-0.3, -0.25) is 4.79 Å². The molecule has 1 atom stereocenters. The van der Waals surface area contributed by atoms with Gasteiger partial charge in [0.15, 0.2) is 0 Å². The third-order valence-electron chi connectivity index (χ3n) is 5.95. The molecular formula is C23H30N2O4S2. The van der Waals surface area contributed by atoms with Crippen LogP contribution in [0.2, 0.25) is 0 Å². The van der Waals surface area contributed by atoms with Crippen LogP contribution in [0.1, 0.15) is 44.7 Å². The molecule has 1 N–H and O–H groups in total. The standard InChI is InChI=1S/C23H30N2O4S2/c1-5-23(6-2)15-20(19-9-7-8-10-21(19)29-23)24-22(26)16-25(3)31(27,28)18-13-11-17(30-4)12-14-18/h7-14,20H,5-6,15-16H2,1-4H3,(H,24,26). The number of benzene rings is 2. The predicted molar refractivity (Wildman–Crippen MR) is 124 cm³/mol. The molecule has 0 spiro atoms. The Morgan fingerprint density at radius 3 is 2.42 bits per heavy atom. The number of fused-ring (bicyclic) bond motifs is 1. The van der Waals surface area contributed by atoms with Crippen molar-refractivity contribution in [2.75, 3.05) is 19.8 Å². The minimum absolute atomic E-state index is 0.174. The van der Waals surface area contributed by atoms with Crippen LogP contribution in [-0.2, 0) is 14.8 Å². The largest absolute Gasteiger partial charge is 0.487 e. The Bertz CT molecular complexity index is 1020. The monoisotopic (exact) mass is 462 g/mol. The maximum atomic E-state index is 12.9. The fourth-order valence-electron chi connectivity index (χ4n) is 3.88. The first-order chi connectivity index (χ1) is 14.7. The van der Waals surface area contributed by atoms with E-state index in [0.717, 1.165) is 33.4 Å². The first-order valence-corrected chi connectivity index (χ1v) is 13.1. The molecule has 0 aliphatic carbocycles. The lowest BCUT2D eigenvalue weighted by molar-refractivity contribution is -0.122. The Balaban J connectivity index is 1.74. The van der Waals surface area contributed by atoms with Crippen LogP contribution in [-0.4, -0.2) is 44.1 Å². The van der Waals surface area contributed by atoms with Crippen molar-refractivity contribution in [3.8, 4) is 5.75 Å². The van der Waals surface area contributed by atoms with E-state index in [4.69, 9.17) is 4.74 Å². The number of nitrogens with one attached hydrogen (secondary N) is 1. The Morgan fingerprint density at radius 2 is 1.81 bits per heavy atom. The smallest absolute Gasteiger partial charge is 0.243 e. The molecule has 3 rings (SSSR count). The first kappa shape index (κ1) is 23.6. The number of para-hydroxylation sites is 1. The van der Waals surface area contributed by atoms with Crippen molar-refractivity contribution in [2.24, 2.45) is 0 Å². The molecule has 8 heteroatoms. The highest BCUT2D eigenvalue weighted by Gasteiger charge is 2.39. The number of hydrogen-bond donors (Lipinski definition) is 1. The number of ether oxygens (including phenoxy) is 1. The van der Waals surface area contributed by atoms with Gasteiger partial charge in [-0.15, -0.1) is 11.8 Å². The first-order valence-electron chi connectivity index (χ1n) is 10.4. The van der Waals surface area contributed by atoms with E-state index in [-0.39, 0.29) is 29.0 Å². The van der Waals surface area contributed by atoms with Gasteiger partial charge < -0.3 is 10.1 Å². The van der Waals surface area contributed by atoms with Crippen molar-refractivity contribution < 1.29 is 17.9 Å². The van der Waals surface area contributed by atoms with Crippen LogP contribution < -0.4 is 10.1 Å². The Labute approximate surface area is 189 Å². The van der Waals surface area contributed by atoms with Crippen molar-refractivity contribution in [2.45, 2.75) is 54.5 Å². The molecule has 0 radical (unpaired) electrons. The third kappa shape index (κ3) is 5.07. The average molecular weight is 463 g/mol. The minimum Gasteiger partial charge on any atom is -0.487 e. The number of sulfonamides is 1. The molecule has 2 aromatic rings. The summed E-state index contributed by atoms with van der Waals surface area (Å²) in [6.45, 7) is 3.91. The summed E-state index contributed by atoms with van der Waals surface area (Å²) in [6, 6.07) is 14.1. The van der Waals surface area contributed by atoms with Crippen LogP contribution in [0, 0.1) is 0 Å². The summed E-state index contributed by atoms with van der Waals surface area (Å²) >= 11 is 1.54. The SMILES string of the molecule is CCC1(CC)CC(NC(=O)CN(C)S(=O)(=O)c2ccc(SC)cc2)c2ccccc2O1. The van der Waals surface area contributed by atoms with Crippen LogP contribution in [0.15, 0.2) is 58.3 Å². The number of likely N-dealkylation sites (N-methyl/N-ethyl adjacent to an activating group) is 1. The van der Waals surface area contributed by atoms with E-state index in [1.54, 1.807) is 36.0 Å². The zero-order valence-corrected chi connectivity index (χ0v) is 20.1. The van der Waals surface area contributed by atoms with Crippen molar-refractivity contribution in [3.63, 3.8) is 0 Å². The third-order valence-corrected chi connectivity index (χ3v) is 8.52. The number of carbonyl (C=O) groups is 1. The molecule has 6 nitrogen and oxygen atoms in total. The lowest BCUT2D eigenvalue weighted by Crippen LogP contribution is -2.46. The maximum absolute atomic E-state index is 12.9. The zero-order valence-electron chi connectivity index (χ0n) is 18.4. The molecule has 0 fully saturated rings. The summed E-state index contributed by atoms with van der Waals surface area (Å²) in [5.41, 5.74) is 0.579. The highest BCUT2D eigenvalue weighted by Crippen LogP contribution is 2.42. The molecule has 1 aliphatic heterocycles. The molecule has 1 unspecified atom stereocenters. The van der Waals surface area contributed by atoms with Crippen molar-refractivity contribution in [3.05, 3.63) is 54.1 Å². The van der Waals surface area contributed by atoms with E-state index in [1.165, 1.54) is 7.05 Å². The van der Waals surface area contributed by atoms with E-state index >= 15 is 0 Å². The Hall–Kier alpha value is -2.03. The van der Waals surface area contributed by atoms with Gasteiger partial charge in [0, 0.05) is 23.9 Å². The molecule has 1 aliphatic rings. The van der Waals surface area contributed by atoms with Crippen molar-refractivity contribution in [1.82, 2.24) is 9.62 Å². The van der Waals surface area contributed by atoms with Crippen LogP contribution in [0.4, 0.5) is 0 Å². The predicted octanol–water partition coefficient (Wildman–Crippen LogP) is 4.23.